The first kappa shape index (κ1) is 32.1. The smallest absolute Gasteiger partial charge is 0.240 e. The van der Waals surface area contributed by atoms with Gasteiger partial charge in [-0.3, -0.25) is 19.5 Å². The normalized spacial score (nSPS) is 19.2. The van der Waals surface area contributed by atoms with Crippen LogP contribution in [0.3, 0.4) is 0 Å². The summed E-state index contributed by atoms with van der Waals surface area (Å²) >= 11 is 0. The zero-order valence-electron chi connectivity index (χ0n) is 26.2. The molecule has 0 radical (unpaired) electrons. The molecule has 1 saturated carbocycles. The first-order chi connectivity index (χ1) is 22.8. The standard InChI is InChI=1S/C35H36F2N4O6/c1-22-21-35(22,33(42)39-24-6-4-23(36)5-7-24)34(43)40-25-8-9-30(27(37)18-25)47-29-10-11-38-28-20-32(31(44-2)19-26(28)29)46-15-3-12-41-13-16-45-17-14-41/h4-11,18-20,22H,3,12-17,21H2,1-2H3,(H,39,42)(H,40,43)/t22-,35-/m1/s1. The largest absolute Gasteiger partial charge is 0.493 e. The van der Waals surface area contributed by atoms with Gasteiger partial charge in [-0.1, -0.05) is 6.92 Å². The number of methoxy groups -OCH3 is 1. The van der Waals surface area contributed by atoms with Gasteiger partial charge < -0.3 is 29.6 Å². The van der Waals surface area contributed by atoms with Gasteiger partial charge in [0.25, 0.3) is 0 Å². The van der Waals surface area contributed by atoms with E-state index in [-0.39, 0.29) is 17.4 Å². The van der Waals surface area contributed by atoms with Crippen LogP contribution in [0.15, 0.2) is 66.9 Å². The molecule has 6 rings (SSSR count). The number of nitrogens with zero attached hydrogens (tertiary/aromatic N) is 2. The van der Waals surface area contributed by atoms with Crippen molar-refractivity contribution in [3.63, 3.8) is 0 Å². The third kappa shape index (κ3) is 7.13. The monoisotopic (exact) mass is 646 g/mol. The molecule has 2 atom stereocenters. The van der Waals surface area contributed by atoms with Crippen molar-refractivity contribution in [2.45, 2.75) is 19.8 Å². The first-order valence-electron chi connectivity index (χ1n) is 15.5. The molecule has 12 heteroatoms. The Morgan fingerprint density at radius 2 is 1.64 bits per heavy atom. The van der Waals surface area contributed by atoms with Crippen molar-refractivity contribution in [3.8, 4) is 23.0 Å². The molecule has 1 aromatic heterocycles. The molecule has 0 unspecified atom stereocenters. The number of morpholine rings is 1. The number of hydrogen-bond acceptors (Lipinski definition) is 8. The van der Waals surface area contributed by atoms with Crippen LogP contribution in [0.1, 0.15) is 19.8 Å². The molecule has 2 fully saturated rings. The van der Waals surface area contributed by atoms with Crippen LogP contribution in [0.4, 0.5) is 20.2 Å². The number of anilines is 2. The SMILES string of the molecule is COc1cc2c(Oc3ccc(NC(=O)[C@]4(C(=O)Nc5ccc(F)cc5)C[C@H]4C)cc3F)ccnc2cc1OCCCN1CCOCC1. The van der Waals surface area contributed by atoms with E-state index in [1.54, 1.807) is 38.4 Å². The molecule has 10 nitrogen and oxygen atoms in total. The van der Waals surface area contributed by atoms with Gasteiger partial charge in [-0.15, -0.1) is 0 Å². The maximum atomic E-state index is 15.3. The van der Waals surface area contributed by atoms with E-state index in [9.17, 15) is 14.0 Å². The second-order valence-corrected chi connectivity index (χ2v) is 11.7. The lowest BCUT2D eigenvalue weighted by atomic mass is 10.0. The van der Waals surface area contributed by atoms with Gasteiger partial charge in [0, 0.05) is 54.7 Å². The van der Waals surface area contributed by atoms with Gasteiger partial charge in [-0.25, -0.2) is 8.78 Å². The fourth-order valence-electron chi connectivity index (χ4n) is 5.74. The Morgan fingerprint density at radius 1 is 0.936 bits per heavy atom. The van der Waals surface area contributed by atoms with E-state index in [4.69, 9.17) is 18.9 Å². The maximum absolute atomic E-state index is 15.3. The van der Waals surface area contributed by atoms with E-state index >= 15 is 4.39 Å². The summed E-state index contributed by atoms with van der Waals surface area (Å²) in [5.41, 5.74) is -0.191. The number of benzene rings is 3. The molecule has 3 aromatic carbocycles. The lowest BCUT2D eigenvalue weighted by Crippen LogP contribution is -2.37. The topological polar surface area (TPSA) is 111 Å². The van der Waals surface area contributed by atoms with E-state index < -0.39 is 28.9 Å². The molecule has 0 spiro atoms. The second kappa shape index (κ2) is 13.9. The van der Waals surface area contributed by atoms with Crippen molar-refractivity contribution in [1.29, 1.82) is 0 Å². The van der Waals surface area contributed by atoms with E-state index in [2.05, 4.69) is 20.5 Å². The average molecular weight is 647 g/mol. The number of fused-ring (bicyclic) bond motifs is 1. The Kier molecular flexibility index (Phi) is 9.50. The summed E-state index contributed by atoms with van der Waals surface area (Å²) in [5.74, 6) is -1.11. The number of pyridine rings is 1. The van der Waals surface area contributed by atoms with Crippen molar-refractivity contribution in [1.82, 2.24) is 9.88 Å². The van der Waals surface area contributed by atoms with Crippen molar-refractivity contribution in [2.75, 3.05) is 57.2 Å². The number of amides is 2. The third-order valence-corrected chi connectivity index (χ3v) is 8.60. The van der Waals surface area contributed by atoms with Gasteiger partial charge in [0.05, 0.1) is 32.4 Å². The Hall–Kier alpha value is -4.81. The van der Waals surface area contributed by atoms with Crippen molar-refractivity contribution < 1.29 is 37.3 Å². The highest BCUT2D eigenvalue weighted by atomic mass is 19.1. The number of rotatable bonds is 12. The predicted octanol–water partition coefficient (Wildman–Crippen LogP) is 6.02. The second-order valence-electron chi connectivity index (χ2n) is 11.7. The fourth-order valence-corrected chi connectivity index (χ4v) is 5.74. The molecule has 1 aliphatic heterocycles. The summed E-state index contributed by atoms with van der Waals surface area (Å²) < 4.78 is 51.6. The van der Waals surface area contributed by atoms with Crippen LogP contribution >= 0.6 is 0 Å². The molecule has 2 amide bonds. The lowest BCUT2D eigenvalue weighted by Gasteiger charge is -2.26. The van der Waals surface area contributed by atoms with E-state index in [1.807, 2.05) is 0 Å². The summed E-state index contributed by atoms with van der Waals surface area (Å²) in [5, 5.41) is 5.95. The Bertz CT molecular complexity index is 1770. The summed E-state index contributed by atoms with van der Waals surface area (Å²) in [7, 11) is 1.55. The van der Waals surface area contributed by atoms with Crippen LogP contribution in [0, 0.1) is 23.0 Å². The van der Waals surface area contributed by atoms with Crippen LogP contribution in [-0.4, -0.2) is 68.3 Å². The zero-order chi connectivity index (χ0) is 33.0. The molecule has 2 aliphatic rings. The van der Waals surface area contributed by atoms with Crippen LogP contribution in [0.25, 0.3) is 10.9 Å². The predicted molar refractivity (Wildman–Crippen MR) is 172 cm³/mol. The van der Waals surface area contributed by atoms with Crippen LogP contribution in [0.2, 0.25) is 0 Å². The summed E-state index contributed by atoms with van der Waals surface area (Å²) in [6.45, 7) is 6.55. The molecular weight excluding hydrogens is 610 g/mol. The maximum Gasteiger partial charge on any atom is 0.240 e. The molecule has 2 heterocycles. The van der Waals surface area contributed by atoms with Crippen LogP contribution in [0.5, 0.6) is 23.0 Å². The average Bonchev–Trinajstić information content (AvgIpc) is 3.77. The van der Waals surface area contributed by atoms with Gasteiger partial charge >= 0.3 is 0 Å². The van der Waals surface area contributed by atoms with Crippen molar-refractivity contribution in [2.24, 2.45) is 11.3 Å². The zero-order valence-corrected chi connectivity index (χ0v) is 26.2. The minimum atomic E-state index is -1.32. The van der Waals surface area contributed by atoms with Crippen LogP contribution < -0.4 is 24.8 Å². The molecule has 246 valence electrons. The molecule has 2 N–H and O–H groups in total. The first-order valence-corrected chi connectivity index (χ1v) is 15.5. The van der Waals surface area contributed by atoms with Crippen molar-refractivity contribution >= 4 is 34.1 Å². The van der Waals surface area contributed by atoms with Gasteiger partial charge in [0.2, 0.25) is 11.8 Å². The van der Waals surface area contributed by atoms with Gasteiger partial charge in [-0.05, 0) is 67.3 Å². The number of ether oxygens (including phenoxy) is 4. The highest BCUT2D eigenvalue weighted by Crippen LogP contribution is 2.53. The lowest BCUT2D eigenvalue weighted by molar-refractivity contribution is -0.131. The Balaban J connectivity index is 1.11. The van der Waals surface area contributed by atoms with Gasteiger partial charge in [-0.2, -0.15) is 0 Å². The Morgan fingerprint density at radius 3 is 2.32 bits per heavy atom. The van der Waals surface area contributed by atoms with E-state index in [0.29, 0.717) is 46.9 Å². The summed E-state index contributed by atoms with van der Waals surface area (Å²) in [6.07, 6.45) is 2.73. The molecule has 0 bridgehead atoms. The minimum Gasteiger partial charge on any atom is -0.493 e. The quantitative estimate of drug-likeness (QED) is 0.142. The fraction of sp³-hybridized carbons (Fsp3) is 0.343. The highest BCUT2D eigenvalue weighted by molar-refractivity contribution is 6.17. The summed E-state index contributed by atoms with van der Waals surface area (Å²) in [6, 6.07) is 14.5. The van der Waals surface area contributed by atoms with Crippen molar-refractivity contribution in [3.05, 3.63) is 78.5 Å². The van der Waals surface area contributed by atoms with Crippen LogP contribution in [-0.2, 0) is 14.3 Å². The summed E-state index contributed by atoms with van der Waals surface area (Å²) in [4.78, 5) is 33.1. The molecule has 4 aromatic rings. The molecular formula is C35H36F2N4O6. The van der Waals surface area contributed by atoms with E-state index in [0.717, 1.165) is 45.3 Å². The number of halogens is 2. The number of hydrogen-bond donors (Lipinski definition) is 2. The van der Waals surface area contributed by atoms with Gasteiger partial charge in [0.1, 0.15) is 17.0 Å². The minimum absolute atomic E-state index is 0.0681. The number of carbonyl (C=O) groups excluding carboxylic acids is 2. The van der Waals surface area contributed by atoms with E-state index in [1.165, 1.54) is 36.4 Å². The number of carbonyl (C=O) groups is 2. The molecule has 1 aliphatic carbocycles. The third-order valence-electron chi connectivity index (χ3n) is 8.60. The highest BCUT2D eigenvalue weighted by Gasteiger charge is 2.63. The molecule has 47 heavy (non-hydrogen) atoms. The number of aromatic nitrogens is 1. The number of nitrogens with one attached hydrogen (secondary N) is 2. The Labute approximate surface area is 271 Å². The van der Waals surface area contributed by atoms with Gasteiger partial charge in [0.15, 0.2) is 23.1 Å². The molecule has 1 saturated heterocycles.